The van der Waals surface area contributed by atoms with Crippen LogP contribution in [0.1, 0.15) is 56.7 Å². The van der Waals surface area contributed by atoms with Crippen LogP contribution in [0.4, 0.5) is 11.4 Å². The number of carbonyl (C=O) groups is 4. The van der Waals surface area contributed by atoms with Crippen molar-refractivity contribution in [3.05, 3.63) is 155 Å². The van der Waals surface area contributed by atoms with Crippen molar-refractivity contribution in [3.8, 4) is 5.75 Å². The molecule has 9 nitrogen and oxygen atoms in total. The van der Waals surface area contributed by atoms with Gasteiger partial charge in [-0.1, -0.05) is 96.6 Å². The van der Waals surface area contributed by atoms with Crippen molar-refractivity contribution in [1.82, 2.24) is 0 Å². The van der Waals surface area contributed by atoms with Gasteiger partial charge in [0.2, 0.25) is 11.8 Å². The highest BCUT2D eigenvalue weighted by molar-refractivity contribution is 7.93. The van der Waals surface area contributed by atoms with Gasteiger partial charge >= 0.3 is 0 Å². The van der Waals surface area contributed by atoms with E-state index in [1.165, 1.54) is 26.2 Å². The first kappa shape index (κ1) is 33.6. The number of imide groups is 1. The molecular weight excluding hydrogens is 665 g/mol. The average Bonchev–Trinajstić information content (AvgIpc) is 3.40. The van der Waals surface area contributed by atoms with Crippen molar-refractivity contribution in [1.29, 1.82) is 0 Å². The number of anilines is 2. The maximum Gasteiger partial charge on any atom is 0.265 e. The van der Waals surface area contributed by atoms with E-state index in [0.29, 0.717) is 11.3 Å². The number of para-hydroxylation sites is 3. The van der Waals surface area contributed by atoms with Gasteiger partial charge in [0.15, 0.2) is 11.6 Å². The number of ether oxygens (including phenoxy) is 1. The number of ketones is 2. The summed E-state index contributed by atoms with van der Waals surface area (Å²) in [4.78, 5) is 59.5. The number of carbonyl (C=O) groups excluding carboxylic acids is 4. The standard InChI is InChI=1S/C41H34N2O7S/c1-26-21-23-29(24-22-26)51(48,49)43-34-18-10-7-15-30(34)33(25-36(45)31-16-8-12-20-37(31)50-3)41(39(43)38(46)28-13-5-4-6-14-28)32-17-9-11-19-35(32)42(27(2)44)40(41)47/h4-24,33,39H,25H2,1-3H3/t33-,39-,41+/m0/s1. The van der Waals surface area contributed by atoms with E-state index >= 15 is 18.0 Å². The Morgan fingerprint density at radius 2 is 1.37 bits per heavy atom. The van der Waals surface area contributed by atoms with E-state index in [1.807, 2.05) is 6.92 Å². The molecular formula is C41H34N2O7S. The molecule has 2 aliphatic heterocycles. The minimum Gasteiger partial charge on any atom is -0.496 e. The molecule has 0 fully saturated rings. The zero-order valence-corrected chi connectivity index (χ0v) is 29.0. The molecule has 5 aromatic carbocycles. The minimum atomic E-state index is -4.58. The molecule has 10 heteroatoms. The molecule has 0 radical (unpaired) electrons. The number of rotatable bonds is 8. The van der Waals surface area contributed by atoms with Gasteiger partial charge in [-0.05, 0) is 54.4 Å². The van der Waals surface area contributed by atoms with Crippen molar-refractivity contribution >= 4 is 44.8 Å². The number of nitrogens with zero attached hydrogens (tertiary/aromatic N) is 2. The van der Waals surface area contributed by atoms with Crippen LogP contribution >= 0.6 is 0 Å². The normalized spacial score (nSPS) is 19.4. The molecule has 0 aliphatic carbocycles. The third kappa shape index (κ3) is 5.17. The number of sulfonamides is 1. The van der Waals surface area contributed by atoms with Gasteiger partial charge in [0.1, 0.15) is 17.2 Å². The lowest BCUT2D eigenvalue weighted by Gasteiger charge is -2.51. The summed E-state index contributed by atoms with van der Waals surface area (Å²) in [5.41, 5.74) is 0.192. The molecule has 7 rings (SSSR count). The van der Waals surface area contributed by atoms with Gasteiger partial charge in [-0.3, -0.25) is 23.5 Å². The Morgan fingerprint density at radius 1 is 0.765 bits per heavy atom. The summed E-state index contributed by atoms with van der Waals surface area (Å²) in [7, 11) is -3.13. The molecule has 5 aromatic rings. The number of amides is 2. The van der Waals surface area contributed by atoms with E-state index in [0.717, 1.165) is 14.8 Å². The highest BCUT2D eigenvalue weighted by atomic mass is 32.2. The van der Waals surface area contributed by atoms with Crippen LogP contribution in [0.25, 0.3) is 0 Å². The molecule has 0 aromatic heterocycles. The molecule has 1 spiro atoms. The van der Waals surface area contributed by atoms with Crippen LogP contribution in [0.3, 0.4) is 0 Å². The smallest absolute Gasteiger partial charge is 0.265 e. The molecule has 0 saturated carbocycles. The van der Waals surface area contributed by atoms with Crippen molar-refractivity contribution < 1.29 is 32.3 Å². The number of hydrogen-bond acceptors (Lipinski definition) is 7. The van der Waals surface area contributed by atoms with Crippen LogP contribution in [0.5, 0.6) is 5.75 Å². The van der Waals surface area contributed by atoms with Crippen LogP contribution in [0.15, 0.2) is 132 Å². The van der Waals surface area contributed by atoms with E-state index < -0.39 is 45.0 Å². The van der Waals surface area contributed by atoms with Gasteiger partial charge in [0.25, 0.3) is 10.0 Å². The second-order valence-corrected chi connectivity index (χ2v) is 14.5. The Kier molecular flexibility index (Phi) is 8.43. The summed E-state index contributed by atoms with van der Waals surface area (Å²) >= 11 is 0. The minimum absolute atomic E-state index is 0.0883. The first-order valence-corrected chi connectivity index (χ1v) is 17.9. The maximum absolute atomic E-state index is 15.4. The third-order valence-electron chi connectivity index (χ3n) is 9.91. The van der Waals surface area contributed by atoms with Gasteiger partial charge in [-0.15, -0.1) is 0 Å². The Balaban J connectivity index is 1.61. The molecule has 0 saturated heterocycles. The predicted octanol–water partition coefficient (Wildman–Crippen LogP) is 6.65. The number of Topliss-reactive ketones (excluding diaryl/α,β-unsaturated/α-hetero) is 2. The summed E-state index contributed by atoms with van der Waals surface area (Å²) in [6, 6.07) is 32.6. The highest BCUT2D eigenvalue weighted by Crippen LogP contribution is 2.60. The van der Waals surface area contributed by atoms with Crippen LogP contribution < -0.4 is 13.9 Å². The number of fused-ring (bicyclic) bond motifs is 3. The molecule has 51 heavy (non-hydrogen) atoms. The van der Waals surface area contributed by atoms with E-state index in [1.54, 1.807) is 115 Å². The van der Waals surface area contributed by atoms with Crippen molar-refractivity contribution in [3.63, 3.8) is 0 Å². The molecule has 0 bridgehead atoms. The maximum atomic E-state index is 15.4. The number of benzene rings is 5. The Hall–Kier alpha value is -5.87. The molecule has 2 amide bonds. The van der Waals surface area contributed by atoms with E-state index in [4.69, 9.17) is 4.74 Å². The fourth-order valence-electron chi connectivity index (χ4n) is 7.69. The number of hydrogen-bond donors (Lipinski definition) is 0. The van der Waals surface area contributed by atoms with E-state index in [9.17, 15) is 9.59 Å². The molecule has 0 N–H and O–H groups in total. The summed E-state index contributed by atoms with van der Waals surface area (Å²) in [5, 5.41) is 0. The number of methoxy groups -OCH3 is 1. The molecule has 0 unspecified atom stereocenters. The van der Waals surface area contributed by atoms with Crippen LogP contribution in [0.2, 0.25) is 0 Å². The van der Waals surface area contributed by atoms with Gasteiger partial charge in [0.05, 0.1) is 28.9 Å². The van der Waals surface area contributed by atoms with Crippen LogP contribution in [-0.4, -0.2) is 45.0 Å². The SMILES string of the molecule is COc1ccccc1C(=O)C[C@H]1c2ccccc2N(S(=O)(=O)c2ccc(C)cc2)[C@@H](C(=O)c2ccccc2)[C@]12C(=O)N(C(C)=O)c1ccccc12. The fourth-order valence-corrected chi connectivity index (χ4v) is 9.36. The highest BCUT2D eigenvalue weighted by Gasteiger charge is 2.68. The quantitative estimate of drug-likeness (QED) is 0.167. The second-order valence-electron chi connectivity index (χ2n) is 12.7. The molecule has 256 valence electrons. The van der Waals surface area contributed by atoms with Crippen molar-refractivity contribution in [2.45, 2.75) is 42.5 Å². The summed E-state index contributed by atoms with van der Waals surface area (Å²) in [6.07, 6.45) is -0.319. The largest absolute Gasteiger partial charge is 0.496 e. The molecule has 3 atom stereocenters. The Bertz CT molecular complexity index is 2320. The summed E-state index contributed by atoms with van der Waals surface area (Å²) in [6.45, 7) is 3.07. The average molecular weight is 699 g/mol. The topological polar surface area (TPSA) is 118 Å². The Labute approximate surface area is 296 Å². The Morgan fingerprint density at radius 3 is 2.06 bits per heavy atom. The van der Waals surface area contributed by atoms with E-state index in [-0.39, 0.29) is 45.2 Å². The first-order valence-electron chi connectivity index (χ1n) is 16.4. The van der Waals surface area contributed by atoms with Gasteiger partial charge in [-0.2, -0.15) is 0 Å². The molecule has 2 heterocycles. The first-order chi connectivity index (χ1) is 24.5. The number of aryl methyl sites for hydroxylation is 1. The lowest BCUT2D eigenvalue weighted by molar-refractivity contribution is -0.129. The second kappa shape index (κ2) is 12.8. The zero-order chi connectivity index (χ0) is 36.1. The van der Waals surface area contributed by atoms with Gasteiger partial charge < -0.3 is 4.74 Å². The van der Waals surface area contributed by atoms with Crippen molar-refractivity contribution in [2.75, 3.05) is 16.3 Å². The summed E-state index contributed by atoms with van der Waals surface area (Å²) in [5.74, 6) is -3.24. The summed E-state index contributed by atoms with van der Waals surface area (Å²) < 4.78 is 36.8. The van der Waals surface area contributed by atoms with Gasteiger partial charge in [0, 0.05) is 24.8 Å². The fraction of sp³-hybridized carbons (Fsp3) is 0.171. The molecule has 2 aliphatic rings. The monoisotopic (exact) mass is 698 g/mol. The lowest BCUT2D eigenvalue weighted by atomic mass is 9.58. The van der Waals surface area contributed by atoms with Crippen LogP contribution in [0, 0.1) is 6.92 Å². The van der Waals surface area contributed by atoms with Gasteiger partial charge in [-0.25, -0.2) is 13.3 Å². The van der Waals surface area contributed by atoms with E-state index in [2.05, 4.69) is 0 Å². The zero-order valence-electron chi connectivity index (χ0n) is 28.1. The van der Waals surface area contributed by atoms with Crippen molar-refractivity contribution in [2.24, 2.45) is 0 Å². The third-order valence-corrected chi connectivity index (χ3v) is 11.7. The lowest BCUT2D eigenvalue weighted by Crippen LogP contribution is -2.66. The predicted molar refractivity (Wildman–Crippen MR) is 193 cm³/mol. The van der Waals surface area contributed by atoms with Crippen LogP contribution in [-0.2, 0) is 25.0 Å².